The zero-order valence-corrected chi connectivity index (χ0v) is 14.8. The van der Waals surface area contributed by atoms with Crippen molar-refractivity contribution in [1.82, 2.24) is 0 Å². The molecular formula is C16H11Cl2F2NO3S. The lowest BCUT2D eigenvalue weighted by Gasteiger charge is -2.11. The second kappa shape index (κ2) is 9.03. The van der Waals surface area contributed by atoms with Crippen LogP contribution in [0.4, 0.5) is 14.5 Å². The number of anilines is 1. The molecule has 0 aliphatic heterocycles. The summed E-state index contributed by atoms with van der Waals surface area (Å²) in [7, 11) is 0. The van der Waals surface area contributed by atoms with Crippen LogP contribution in [0.1, 0.15) is 10.4 Å². The number of carbonyl (C=O) groups excluding carboxylic acids is 2. The van der Waals surface area contributed by atoms with Crippen molar-refractivity contribution in [3.8, 4) is 0 Å². The van der Waals surface area contributed by atoms with Crippen molar-refractivity contribution in [3.05, 3.63) is 58.1 Å². The van der Waals surface area contributed by atoms with Gasteiger partial charge in [-0.05, 0) is 24.3 Å². The standard InChI is InChI=1S/C16H11Cl2F2NO3S/c17-10-5-3-6-11(18)14(10)21-13(22)8-24-15(23)9-4-1-2-7-12(9)25-16(19)20/h1-7,16H,8H2,(H,21,22). The molecule has 2 rings (SSSR count). The van der Waals surface area contributed by atoms with Crippen molar-refractivity contribution >= 4 is 52.5 Å². The molecule has 1 amide bonds. The number of halogens is 4. The number of para-hydroxylation sites is 1. The van der Waals surface area contributed by atoms with Gasteiger partial charge in [0.1, 0.15) is 0 Å². The summed E-state index contributed by atoms with van der Waals surface area (Å²) < 4.78 is 29.9. The van der Waals surface area contributed by atoms with Gasteiger partial charge in [0.15, 0.2) is 6.61 Å². The maximum absolute atomic E-state index is 12.5. The minimum absolute atomic E-state index is 0.0450. The first-order valence-corrected chi connectivity index (χ1v) is 8.47. The molecule has 0 saturated carbocycles. The van der Waals surface area contributed by atoms with Crippen LogP contribution in [0.25, 0.3) is 0 Å². The number of nitrogens with one attached hydrogen (secondary N) is 1. The summed E-state index contributed by atoms with van der Waals surface area (Å²) in [5.74, 6) is -4.23. The first kappa shape index (κ1) is 19.5. The summed E-state index contributed by atoms with van der Waals surface area (Å²) in [6.45, 7) is -0.617. The molecule has 0 atom stereocenters. The van der Waals surface area contributed by atoms with E-state index in [2.05, 4.69) is 5.32 Å². The Kier molecular flexibility index (Phi) is 7.04. The van der Waals surface area contributed by atoms with Crippen LogP contribution >= 0.6 is 35.0 Å². The molecule has 0 aliphatic carbocycles. The number of carbonyl (C=O) groups is 2. The van der Waals surface area contributed by atoms with Crippen LogP contribution in [0.2, 0.25) is 10.0 Å². The van der Waals surface area contributed by atoms with Gasteiger partial charge >= 0.3 is 5.97 Å². The van der Waals surface area contributed by atoms with Gasteiger partial charge in [-0.2, -0.15) is 8.78 Å². The predicted molar refractivity (Wildman–Crippen MR) is 93.7 cm³/mol. The van der Waals surface area contributed by atoms with E-state index >= 15 is 0 Å². The average Bonchev–Trinajstić information content (AvgIpc) is 2.56. The van der Waals surface area contributed by atoms with Gasteiger partial charge in [-0.3, -0.25) is 4.79 Å². The van der Waals surface area contributed by atoms with Crippen LogP contribution in [-0.4, -0.2) is 24.2 Å². The van der Waals surface area contributed by atoms with E-state index in [0.29, 0.717) is 0 Å². The van der Waals surface area contributed by atoms with Crippen molar-refractivity contribution in [2.45, 2.75) is 10.7 Å². The Morgan fingerprint density at radius 2 is 1.72 bits per heavy atom. The molecule has 2 aromatic rings. The fraction of sp³-hybridized carbons (Fsp3) is 0.125. The van der Waals surface area contributed by atoms with E-state index in [1.807, 2.05) is 0 Å². The zero-order chi connectivity index (χ0) is 18.4. The number of ether oxygens (including phenoxy) is 1. The van der Waals surface area contributed by atoms with Crippen molar-refractivity contribution in [2.24, 2.45) is 0 Å². The van der Waals surface area contributed by atoms with Crippen molar-refractivity contribution in [1.29, 1.82) is 0 Å². The molecule has 0 heterocycles. The van der Waals surface area contributed by atoms with Crippen LogP contribution in [0, 0.1) is 0 Å². The number of hydrogen-bond acceptors (Lipinski definition) is 4. The molecule has 0 unspecified atom stereocenters. The fourth-order valence-electron chi connectivity index (χ4n) is 1.84. The molecule has 0 aromatic heterocycles. The molecule has 25 heavy (non-hydrogen) atoms. The third-order valence-electron chi connectivity index (χ3n) is 2.88. The number of esters is 1. The quantitative estimate of drug-likeness (QED) is 0.536. The Labute approximate surface area is 156 Å². The van der Waals surface area contributed by atoms with Crippen molar-refractivity contribution < 1.29 is 23.1 Å². The van der Waals surface area contributed by atoms with Gasteiger partial charge in [0.05, 0.1) is 21.3 Å². The number of amides is 1. The highest BCUT2D eigenvalue weighted by atomic mass is 35.5. The van der Waals surface area contributed by atoms with Crippen molar-refractivity contribution in [3.63, 3.8) is 0 Å². The third-order valence-corrected chi connectivity index (χ3v) is 4.30. The first-order chi connectivity index (χ1) is 11.9. The minimum Gasteiger partial charge on any atom is -0.452 e. The molecule has 132 valence electrons. The lowest BCUT2D eigenvalue weighted by atomic mass is 10.2. The van der Waals surface area contributed by atoms with Gasteiger partial charge < -0.3 is 10.1 Å². The van der Waals surface area contributed by atoms with E-state index in [4.69, 9.17) is 27.9 Å². The minimum atomic E-state index is -2.68. The number of rotatable bonds is 6. The van der Waals surface area contributed by atoms with E-state index in [1.165, 1.54) is 36.4 Å². The SMILES string of the molecule is O=C(COC(=O)c1ccccc1SC(F)F)Nc1c(Cl)cccc1Cl. The Morgan fingerprint density at radius 3 is 2.36 bits per heavy atom. The molecule has 0 saturated heterocycles. The molecule has 2 aromatic carbocycles. The molecule has 0 aliphatic rings. The van der Waals surface area contributed by atoms with Crippen LogP contribution in [-0.2, 0) is 9.53 Å². The summed E-state index contributed by atoms with van der Waals surface area (Å²) in [6.07, 6.45) is 0. The first-order valence-electron chi connectivity index (χ1n) is 6.83. The molecular weight excluding hydrogens is 395 g/mol. The second-order valence-electron chi connectivity index (χ2n) is 4.60. The van der Waals surface area contributed by atoms with Crippen LogP contribution in [0.15, 0.2) is 47.4 Å². The maximum atomic E-state index is 12.5. The predicted octanol–water partition coefficient (Wildman–Crippen LogP) is 5.10. The molecule has 9 heteroatoms. The van der Waals surface area contributed by atoms with Crippen molar-refractivity contribution in [2.75, 3.05) is 11.9 Å². The maximum Gasteiger partial charge on any atom is 0.339 e. The molecule has 0 radical (unpaired) electrons. The van der Waals surface area contributed by atoms with E-state index in [9.17, 15) is 18.4 Å². The lowest BCUT2D eigenvalue weighted by Crippen LogP contribution is -2.21. The lowest BCUT2D eigenvalue weighted by molar-refractivity contribution is -0.119. The van der Waals surface area contributed by atoms with Gasteiger partial charge in [-0.25, -0.2) is 4.79 Å². The summed E-state index contributed by atoms with van der Waals surface area (Å²) >= 11 is 12.1. The third kappa shape index (κ3) is 5.59. The molecule has 0 spiro atoms. The average molecular weight is 406 g/mol. The van der Waals surface area contributed by atoms with E-state index in [1.54, 1.807) is 6.07 Å². The Morgan fingerprint density at radius 1 is 1.08 bits per heavy atom. The van der Waals surface area contributed by atoms with Gasteiger partial charge in [0.25, 0.3) is 11.7 Å². The van der Waals surface area contributed by atoms with Crippen LogP contribution < -0.4 is 5.32 Å². The number of alkyl halides is 2. The topological polar surface area (TPSA) is 55.4 Å². The second-order valence-corrected chi connectivity index (χ2v) is 6.44. The normalized spacial score (nSPS) is 10.6. The van der Waals surface area contributed by atoms with Crippen LogP contribution in [0.3, 0.4) is 0 Å². The summed E-state index contributed by atoms with van der Waals surface area (Å²) in [5, 5.41) is 2.88. The monoisotopic (exact) mass is 405 g/mol. The van der Waals surface area contributed by atoms with Gasteiger partial charge in [0.2, 0.25) is 0 Å². The Bertz CT molecular complexity index is 769. The summed E-state index contributed by atoms with van der Waals surface area (Å²) in [6, 6.07) is 10.4. The highest BCUT2D eigenvalue weighted by Crippen LogP contribution is 2.30. The fourth-order valence-corrected chi connectivity index (χ4v) is 2.95. The molecule has 0 fully saturated rings. The largest absolute Gasteiger partial charge is 0.452 e. The van der Waals surface area contributed by atoms with E-state index in [0.717, 1.165) is 0 Å². The number of hydrogen-bond donors (Lipinski definition) is 1. The van der Waals surface area contributed by atoms with Crippen LogP contribution in [0.5, 0.6) is 0 Å². The highest BCUT2D eigenvalue weighted by Gasteiger charge is 2.18. The number of thioether (sulfide) groups is 1. The molecule has 0 bridgehead atoms. The summed E-state index contributed by atoms with van der Waals surface area (Å²) in [5.41, 5.74) is 0.150. The Hall–Kier alpha value is -1.83. The van der Waals surface area contributed by atoms with Gasteiger partial charge in [0, 0.05) is 4.90 Å². The van der Waals surface area contributed by atoms with Gasteiger partial charge in [-0.15, -0.1) is 0 Å². The molecule has 1 N–H and O–H groups in total. The zero-order valence-electron chi connectivity index (χ0n) is 12.5. The smallest absolute Gasteiger partial charge is 0.339 e. The molecule has 4 nitrogen and oxygen atoms in total. The van der Waals surface area contributed by atoms with Gasteiger partial charge in [-0.1, -0.05) is 53.2 Å². The Balaban J connectivity index is 1.99. The number of benzene rings is 2. The van der Waals surface area contributed by atoms with E-state index in [-0.39, 0.29) is 38.0 Å². The van der Waals surface area contributed by atoms with E-state index < -0.39 is 24.2 Å². The highest BCUT2D eigenvalue weighted by molar-refractivity contribution is 7.99. The summed E-state index contributed by atoms with van der Waals surface area (Å²) in [4.78, 5) is 24.0.